The van der Waals surface area contributed by atoms with Crippen molar-refractivity contribution in [1.82, 2.24) is 4.98 Å². The highest BCUT2D eigenvalue weighted by Gasteiger charge is 2.31. The number of hydrogen-bond acceptors (Lipinski definition) is 3. The van der Waals surface area contributed by atoms with Crippen molar-refractivity contribution in [3.8, 4) is 0 Å². The second kappa shape index (κ2) is 8.30. The molecular weight excluding hydrogens is 375 g/mol. The van der Waals surface area contributed by atoms with Crippen LogP contribution in [0.15, 0.2) is 41.6 Å². The van der Waals surface area contributed by atoms with Crippen molar-refractivity contribution in [3.63, 3.8) is 0 Å². The lowest BCUT2D eigenvalue weighted by molar-refractivity contribution is -0.137. The fourth-order valence-corrected chi connectivity index (χ4v) is 3.52. The summed E-state index contributed by atoms with van der Waals surface area (Å²) in [4.78, 5) is 3.72. The van der Waals surface area contributed by atoms with Crippen LogP contribution in [0, 0.1) is 0 Å². The lowest BCUT2D eigenvalue weighted by atomic mass is 9.84. The average Bonchev–Trinajstić information content (AvgIpc) is 2.67. The summed E-state index contributed by atoms with van der Waals surface area (Å²) in [5, 5.41) is 4.07. The van der Waals surface area contributed by atoms with Crippen LogP contribution in [0.3, 0.4) is 0 Å². The zero-order valence-corrected chi connectivity index (χ0v) is 15.7. The van der Waals surface area contributed by atoms with Gasteiger partial charge >= 0.3 is 6.18 Å². The molecule has 3 nitrogen and oxygen atoms in total. The average molecular weight is 396 g/mol. The summed E-state index contributed by atoms with van der Waals surface area (Å²) in [6.07, 6.45) is 2.65. The normalized spacial score (nSPS) is 16.4. The predicted molar refractivity (Wildman–Crippen MR) is 102 cm³/mol. The molecule has 1 aliphatic rings. The molecule has 1 fully saturated rings. The van der Waals surface area contributed by atoms with Crippen molar-refractivity contribution in [2.24, 2.45) is 5.10 Å². The van der Waals surface area contributed by atoms with Crippen LogP contribution < -0.4 is 5.43 Å². The molecule has 0 amide bonds. The molecule has 27 heavy (non-hydrogen) atoms. The lowest BCUT2D eigenvalue weighted by Crippen LogP contribution is -2.07. The number of nitrogens with zero attached hydrogens (tertiary/aromatic N) is 2. The van der Waals surface area contributed by atoms with E-state index in [-0.39, 0.29) is 10.8 Å². The Morgan fingerprint density at radius 1 is 1.15 bits per heavy atom. The first-order chi connectivity index (χ1) is 12.8. The SMILES string of the molecule is CC(=NNc1ncc(C(F)(F)F)cc1Cl)c1ccc(C2CCCCC2)cc1. The van der Waals surface area contributed by atoms with Crippen molar-refractivity contribution in [1.29, 1.82) is 0 Å². The highest BCUT2D eigenvalue weighted by molar-refractivity contribution is 6.33. The summed E-state index contributed by atoms with van der Waals surface area (Å²) in [6.45, 7) is 1.82. The zero-order chi connectivity index (χ0) is 19.4. The molecule has 0 aliphatic heterocycles. The summed E-state index contributed by atoms with van der Waals surface area (Å²) in [7, 11) is 0. The van der Waals surface area contributed by atoms with Crippen LogP contribution >= 0.6 is 11.6 Å². The van der Waals surface area contributed by atoms with E-state index in [1.807, 2.05) is 19.1 Å². The molecule has 0 unspecified atom stereocenters. The number of rotatable bonds is 4. The summed E-state index contributed by atoms with van der Waals surface area (Å²) < 4.78 is 38.0. The summed E-state index contributed by atoms with van der Waals surface area (Å²) in [5.74, 6) is 0.723. The largest absolute Gasteiger partial charge is 0.417 e. The summed E-state index contributed by atoms with van der Waals surface area (Å²) in [6, 6.07) is 9.14. The van der Waals surface area contributed by atoms with Crippen molar-refractivity contribution in [3.05, 3.63) is 58.2 Å². The molecule has 3 rings (SSSR count). The molecule has 1 saturated carbocycles. The van der Waals surface area contributed by atoms with Gasteiger partial charge in [0.2, 0.25) is 0 Å². The number of anilines is 1. The van der Waals surface area contributed by atoms with Crippen molar-refractivity contribution in [2.45, 2.75) is 51.1 Å². The van der Waals surface area contributed by atoms with Crippen LogP contribution in [0.1, 0.15) is 61.6 Å². The van der Waals surface area contributed by atoms with E-state index in [0.717, 1.165) is 17.8 Å². The Balaban J connectivity index is 1.68. The number of nitrogens with one attached hydrogen (secondary N) is 1. The topological polar surface area (TPSA) is 37.3 Å². The van der Waals surface area contributed by atoms with Gasteiger partial charge in [-0.3, -0.25) is 5.43 Å². The van der Waals surface area contributed by atoms with Crippen molar-refractivity contribution >= 4 is 23.1 Å². The molecule has 0 atom stereocenters. The van der Waals surface area contributed by atoms with E-state index in [0.29, 0.717) is 11.6 Å². The minimum absolute atomic E-state index is 0.0860. The van der Waals surface area contributed by atoms with Gasteiger partial charge in [0, 0.05) is 6.20 Å². The van der Waals surface area contributed by atoms with Gasteiger partial charge in [-0.05, 0) is 42.9 Å². The standard InChI is InChI=1S/C20H21ClF3N3/c1-13(14-7-9-16(10-8-14)15-5-3-2-4-6-15)26-27-19-18(21)11-17(12-25-19)20(22,23)24/h7-12,15H,2-6H2,1H3,(H,25,27). The molecule has 1 N–H and O–H groups in total. The Labute approximate surface area is 161 Å². The van der Waals surface area contributed by atoms with E-state index in [4.69, 9.17) is 11.6 Å². The van der Waals surface area contributed by atoms with Gasteiger partial charge in [0.25, 0.3) is 0 Å². The molecule has 144 valence electrons. The second-order valence-corrected chi connectivity index (χ2v) is 7.23. The van der Waals surface area contributed by atoms with Crippen LogP contribution in [-0.4, -0.2) is 10.7 Å². The molecule has 0 radical (unpaired) electrons. The smallest absolute Gasteiger partial charge is 0.260 e. The third kappa shape index (κ3) is 5.01. The van der Waals surface area contributed by atoms with Crippen molar-refractivity contribution in [2.75, 3.05) is 5.43 Å². The number of pyridine rings is 1. The van der Waals surface area contributed by atoms with E-state index in [1.54, 1.807) is 0 Å². The predicted octanol–water partition coefficient (Wildman–Crippen LogP) is 6.64. The minimum Gasteiger partial charge on any atom is -0.260 e. The van der Waals surface area contributed by atoms with Gasteiger partial charge in [0.05, 0.1) is 16.3 Å². The van der Waals surface area contributed by atoms with Gasteiger partial charge in [-0.1, -0.05) is 55.1 Å². The monoisotopic (exact) mass is 395 g/mol. The molecular formula is C20H21ClF3N3. The Morgan fingerprint density at radius 2 is 1.81 bits per heavy atom. The number of hydrogen-bond donors (Lipinski definition) is 1. The van der Waals surface area contributed by atoms with E-state index >= 15 is 0 Å². The molecule has 0 saturated heterocycles. The molecule has 1 aromatic heterocycles. The van der Waals surface area contributed by atoms with Gasteiger partial charge in [-0.2, -0.15) is 18.3 Å². The van der Waals surface area contributed by atoms with E-state index in [1.165, 1.54) is 37.7 Å². The maximum absolute atomic E-state index is 12.7. The summed E-state index contributed by atoms with van der Waals surface area (Å²) >= 11 is 5.88. The van der Waals surface area contributed by atoms with Gasteiger partial charge in [0.1, 0.15) is 0 Å². The van der Waals surface area contributed by atoms with Gasteiger partial charge < -0.3 is 0 Å². The van der Waals surface area contributed by atoms with E-state index in [2.05, 4.69) is 27.6 Å². The highest BCUT2D eigenvalue weighted by Crippen LogP contribution is 2.33. The van der Waals surface area contributed by atoms with Gasteiger partial charge in [-0.25, -0.2) is 4.98 Å². The maximum atomic E-state index is 12.7. The molecule has 1 aromatic carbocycles. The van der Waals surface area contributed by atoms with Gasteiger partial charge in [-0.15, -0.1) is 0 Å². The molecule has 1 aliphatic carbocycles. The Kier molecular flexibility index (Phi) is 6.05. The Morgan fingerprint density at radius 3 is 2.41 bits per heavy atom. The van der Waals surface area contributed by atoms with Crippen LogP contribution in [0.25, 0.3) is 0 Å². The van der Waals surface area contributed by atoms with E-state index in [9.17, 15) is 13.2 Å². The number of alkyl halides is 3. The number of benzene rings is 1. The highest BCUT2D eigenvalue weighted by atomic mass is 35.5. The first-order valence-corrected chi connectivity index (χ1v) is 9.36. The second-order valence-electron chi connectivity index (χ2n) is 6.82. The minimum atomic E-state index is -4.48. The third-order valence-corrected chi connectivity index (χ3v) is 5.19. The molecule has 0 spiro atoms. The molecule has 0 bridgehead atoms. The number of aromatic nitrogens is 1. The Hall–Kier alpha value is -2.08. The van der Waals surface area contributed by atoms with Crippen LogP contribution in [0.5, 0.6) is 0 Å². The lowest BCUT2D eigenvalue weighted by Gasteiger charge is -2.22. The van der Waals surface area contributed by atoms with Gasteiger partial charge in [0.15, 0.2) is 5.82 Å². The summed E-state index contributed by atoms with van der Waals surface area (Å²) in [5.41, 5.74) is 4.74. The number of halogens is 4. The van der Waals surface area contributed by atoms with Crippen molar-refractivity contribution < 1.29 is 13.2 Å². The van der Waals surface area contributed by atoms with Crippen LogP contribution in [0.4, 0.5) is 19.0 Å². The fourth-order valence-electron chi connectivity index (χ4n) is 3.31. The van der Waals surface area contributed by atoms with Crippen LogP contribution in [-0.2, 0) is 6.18 Å². The van der Waals surface area contributed by atoms with Crippen LogP contribution in [0.2, 0.25) is 5.02 Å². The van der Waals surface area contributed by atoms with E-state index < -0.39 is 11.7 Å². The Bertz CT molecular complexity index is 810. The first kappa shape index (κ1) is 19.7. The molecule has 1 heterocycles. The molecule has 7 heteroatoms. The quantitative estimate of drug-likeness (QED) is 0.465. The first-order valence-electron chi connectivity index (χ1n) is 8.98. The fraction of sp³-hybridized carbons (Fsp3) is 0.400. The zero-order valence-electron chi connectivity index (χ0n) is 15.0. The molecule has 2 aromatic rings. The number of hydrazone groups is 1. The maximum Gasteiger partial charge on any atom is 0.417 e. The third-order valence-electron chi connectivity index (χ3n) is 4.90.